The molecule has 14 heteroatoms. The number of aromatic amines is 1. The van der Waals surface area contributed by atoms with E-state index in [2.05, 4.69) is 25.6 Å². The Morgan fingerprint density at radius 2 is 1.73 bits per heavy atom. The molecule has 2 aromatic heterocycles. The molecule has 5 atom stereocenters. The number of rotatable bonds is 7. The van der Waals surface area contributed by atoms with Crippen molar-refractivity contribution in [3.05, 3.63) is 76.3 Å². The first-order chi connectivity index (χ1) is 21.2. The van der Waals surface area contributed by atoms with Gasteiger partial charge >= 0.3 is 6.09 Å². The SMILES string of the molecule is CC(C)C(=O)Nc1nc2c(ncn2[C@@H]2O[C@H](CO)[C@@H](O)[C@H](O)[C@H]2NC(=O)OCC2c3ccccc3-c3ccccc32)c(=O)[nH]1. The number of carbonyl (C=O) groups excluding carboxylic acids is 2. The van der Waals surface area contributed by atoms with E-state index in [4.69, 9.17) is 9.47 Å². The van der Waals surface area contributed by atoms with Gasteiger partial charge in [-0.15, -0.1) is 0 Å². The Bertz CT molecular complexity index is 1720. The van der Waals surface area contributed by atoms with Gasteiger partial charge in [-0.25, -0.2) is 9.78 Å². The molecule has 2 aliphatic rings. The molecule has 0 saturated carbocycles. The molecule has 0 radical (unpaired) electrons. The standard InChI is InChI=1S/C30H32N6O8/c1-14(2)26(40)34-29-33-25-22(27(41)35-29)31-13-36(25)28-21(24(39)23(38)20(11-37)44-28)32-30(42)43-12-19-17-9-5-3-7-15(17)16-8-4-6-10-18(16)19/h3-10,13-14,19-21,23-24,28,37-39H,11-12H2,1-2H3,(H,32,42)(H2,33,34,35,40,41)/t20-,21-,23-,24-,28-/m1/s1. The van der Waals surface area contributed by atoms with Crippen molar-refractivity contribution in [1.29, 1.82) is 0 Å². The summed E-state index contributed by atoms with van der Waals surface area (Å²) in [5.74, 6) is -1.13. The molecular formula is C30H32N6O8. The number of imidazole rings is 1. The molecule has 6 rings (SSSR count). The van der Waals surface area contributed by atoms with Crippen LogP contribution in [0.3, 0.4) is 0 Å². The van der Waals surface area contributed by atoms with Crippen LogP contribution in [0, 0.1) is 5.92 Å². The molecule has 4 aromatic rings. The Balaban J connectivity index is 1.27. The van der Waals surface area contributed by atoms with Crippen molar-refractivity contribution < 1.29 is 34.4 Å². The molecule has 0 spiro atoms. The number of H-pyrrole nitrogens is 1. The van der Waals surface area contributed by atoms with Gasteiger partial charge in [0.2, 0.25) is 11.9 Å². The summed E-state index contributed by atoms with van der Waals surface area (Å²) in [4.78, 5) is 49.1. The normalized spacial score (nSPS) is 22.9. The summed E-state index contributed by atoms with van der Waals surface area (Å²) >= 11 is 0. The van der Waals surface area contributed by atoms with Crippen LogP contribution in [0.4, 0.5) is 10.7 Å². The molecule has 14 nitrogen and oxygen atoms in total. The zero-order chi connectivity index (χ0) is 31.1. The number of fused-ring (bicyclic) bond motifs is 4. The molecule has 230 valence electrons. The van der Waals surface area contributed by atoms with Crippen LogP contribution in [-0.4, -0.2) is 84.4 Å². The Morgan fingerprint density at radius 3 is 2.36 bits per heavy atom. The first-order valence-corrected chi connectivity index (χ1v) is 14.2. The van der Waals surface area contributed by atoms with E-state index >= 15 is 0 Å². The van der Waals surface area contributed by atoms with E-state index in [9.17, 15) is 29.7 Å². The van der Waals surface area contributed by atoms with E-state index in [0.29, 0.717) is 0 Å². The number of hydrogen-bond acceptors (Lipinski definition) is 10. The van der Waals surface area contributed by atoms with Gasteiger partial charge in [0, 0.05) is 11.8 Å². The molecule has 2 amide bonds. The lowest BCUT2D eigenvalue weighted by atomic mass is 9.96. The fraction of sp³-hybridized carbons (Fsp3) is 0.367. The lowest BCUT2D eigenvalue weighted by molar-refractivity contribution is -0.214. The Kier molecular flexibility index (Phi) is 7.90. The van der Waals surface area contributed by atoms with Crippen molar-refractivity contribution in [3.8, 4) is 11.1 Å². The first kappa shape index (κ1) is 29.4. The highest BCUT2D eigenvalue weighted by atomic mass is 16.6. The predicted octanol–water partition coefficient (Wildman–Crippen LogP) is 1.23. The molecule has 44 heavy (non-hydrogen) atoms. The third-order valence-electron chi connectivity index (χ3n) is 8.00. The van der Waals surface area contributed by atoms with Crippen molar-refractivity contribution in [2.24, 2.45) is 5.92 Å². The number of hydrogen-bond donors (Lipinski definition) is 6. The maximum absolute atomic E-state index is 13.2. The van der Waals surface area contributed by atoms with E-state index in [1.165, 1.54) is 10.9 Å². The van der Waals surface area contributed by atoms with E-state index in [0.717, 1.165) is 22.3 Å². The number of aliphatic hydroxyl groups excluding tert-OH is 3. The Morgan fingerprint density at radius 1 is 1.07 bits per heavy atom. The molecule has 1 aliphatic carbocycles. The van der Waals surface area contributed by atoms with Gasteiger partial charge < -0.3 is 30.1 Å². The fourth-order valence-corrected chi connectivity index (χ4v) is 5.70. The quantitative estimate of drug-likeness (QED) is 0.178. The Hall–Kier alpha value is -4.63. The largest absolute Gasteiger partial charge is 0.449 e. The second-order valence-electron chi connectivity index (χ2n) is 11.1. The van der Waals surface area contributed by atoms with Crippen LogP contribution < -0.4 is 16.2 Å². The van der Waals surface area contributed by atoms with Crippen molar-refractivity contribution in [2.45, 2.75) is 50.3 Å². The van der Waals surface area contributed by atoms with Gasteiger partial charge in [0.05, 0.1) is 12.9 Å². The van der Waals surface area contributed by atoms with Crippen molar-refractivity contribution in [1.82, 2.24) is 24.8 Å². The molecular weight excluding hydrogens is 572 g/mol. The van der Waals surface area contributed by atoms with E-state index in [-0.39, 0.29) is 35.5 Å². The number of benzene rings is 2. The number of ether oxygens (including phenoxy) is 2. The van der Waals surface area contributed by atoms with Gasteiger partial charge in [0.25, 0.3) is 5.56 Å². The van der Waals surface area contributed by atoms with Gasteiger partial charge in [0.15, 0.2) is 17.4 Å². The number of alkyl carbamates (subject to hydrolysis) is 1. The maximum atomic E-state index is 13.2. The minimum atomic E-state index is -1.62. The second-order valence-corrected chi connectivity index (χ2v) is 11.1. The number of amides is 2. The van der Waals surface area contributed by atoms with Crippen molar-refractivity contribution >= 4 is 29.1 Å². The summed E-state index contributed by atoms with van der Waals surface area (Å²) in [5, 5.41) is 36.6. The molecule has 3 heterocycles. The lowest BCUT2D eigenvalue weighted by Crippen LogP contribution is -2.62. The summed E-state index contributed by atoms with van der Waals surface area (Å²) in [6, 6.07) is 14.4. The fourth-order valence-electron chi connectivity index (χ4n) is 5.70. The highest BCUT2D eigenvalue weighted by Crippen LogP contribution is 2.44. The van der Waals surface area contributed by atoms with Crippen LogP contribution in [0.25, 0.3) is 22.3 Å². The van der Waals surface area contributed by atoms with E-state index in [1.807, 2.05) is 48.5 Å². The third kappa shape index (κ3) is 5.21. The number of carbonyl (C=O) groups is 2. The van der Waals surface area contributed by atoms with Gasteiger partial charge in [0.1, 0.15) is 31.0 Å². The smallest absolute Gasteiger partial charge is 0.407 e. The molecule has 1 saturated heterocycles. The van der Waals surface area contributed by atoms with Crippen molar-refractivity contribution in [2.75, 3.05) is 18.5 Å². The Labute approximate surface area is 250 Å². The number of nitrogens with one attached hydrogen (secondary N) is 3. The summed E-state index contributed by atoms with van der Waals surface area (Å²) in [5.41, 5.74) is 3.37. The summed E-state index contributed by atoms with van der Waals surface area (Å²) < 4.78 is 12.8. The van der Waals surface area contributed by atoms with Crippen LogP contribution >= 0.6 is 0 Å². The number of aromatic nitrogens is 4. The average molecular weight is 605 g/mol. The number of anilines is 1. The minimum absolute atomic E-state index is 0.000134. The van der Waals surface area contributed by atoms with Crippen LogP contribution in [-0.2, 0) is 14.3 Å². The summed E-state index contributed by atoms with van der Waals surface area (Å²) in [6.45, 7) is 2.70. The topological polar surface area (TPSA) is 201 Å². The third-order valence-corrected chi connectivity index (χ3v) is 8.00. The van der Waals surface area contributed by atoms with Gasteiger partial charge in [-0.1, -0.05) is 62.4 Å². The van der Waals surface area contributed by atoms with Crippen molar-refractivity contribution in [3.63, 3.8) is 0 Å². The summed E-state index contributed by atoms with van der Waals surface area (Å²) in [6.07, 6.45) is -5.39. The maximum Gasteiger partial charge on any atom is 0.407 e. The zero-order valence-electron chi connectivity index (χ0n) is 23.9. The molecule has 6 N–H and O–H groups in total. The number of aliphatic hydroxyl groups is 3. The lowest BCUT2D eigenvalue weighted by Gasteiger charge is -2.42. The van der Waals surface area contributed by atoms with Crippen LogP contribution in [0.2, 0.25) is 0 Å². The second kappa shape index (κ2) is 11.8. The van der Waals surface area contributed by atoms with E-state index in [1.54, 1.807) is 13.8 Å². The zero-order valence-corrected chi connectivity index (χ0v) is 23.9. The molecule has 2 aromatic carbocycles. The van der Waals surface area contributed by atoms with Crippen LogP contribution in [0.5, 0.6) is 0 Å². The predicted molar refractivity (Wildman–Crippen MR) is 157 cm³/mol. The first-order valence-electron chi connectivity index (χ1n) is 14.2. The van der Waals surface area contributed by atoms with E-state index < -0.39 is 54.8 Å². The summed E-state index contributed by atoms with van der Waals surface area (Å²) in [7, 11) is 0. The minimum Gasteiger partial charge on any atom is -0.449 e. The molecule has 0 unspecified atom stereocenters. The molecule has 0 bridgehead atoms. The van der Waals surface area contributed by atoms with Gasteiger partial charge in [-0.2, -0.15) is 4.98 Å². The number of nitrogens with zero attached hydrogens (tertiary/aromatic N) is 3. The average Bonchev–Trinajstić information content (AvgIpc) is 3.58. The highest BCUT2D eigenvalue weighted by molar-refractivity contribution is 5.91. The van der Waals surface area contributed by atoms with Crippen LogP contribution in [0.15, 0.2) is 59.7 Å². The monoisotopic (exact) mass is 604 g/mol. The van der Waals surface area contributed by atoms with Gasteiger partial charge in [-0.05, 0) is 22.3 Å². The van der Waals surface area contributed by atoms with Crippen LogP contribution in [0.1, 0.15) is 37.1 Å². The highest BCUT2D eigenvalue weighted by Gasteiger charge is 2.47. The molecule has 1 aliphatic heterocycles. The van der Waals surface area contributed by atoms with Gasteiger partial charge in [-0.3, -0.25) is 24.5 Å². The molecule has 1 fully saturated rings.